The highest BCUT2D eigenvalue weighted by atomic mass is 35.5. The van der Waals surface area contributed by atoms with Gasteiger partial charge in [0.15, 0.2) is 0 Å². The van der Waals surface area contributed by atoms with Gasteiger partial charge < -0.3 is 10.6 Å². The average Bonchev–Trinajstić information content (AvgIpc) is 2.45. The Morgan fingerprint density at radius 3 is 2.57 bits per heavy atom. The number of carbonyl (C=O) groups is 1. The van der Waals surface area contributed by atoms with Crippen molar-refractivity contribution < 1.29 is 4.79 Å². The summed E-state index contributed by atoms with van der Waals surface area (Å²) in [6, 6.07) is 8.70. The number of hydrogen-bond acceptors (Lipinski definition) is 3. The number of benzene rings is 1. The standard InChI is InChI=1S/C15H15Cl2N3O/c1-9(2)15(21)20-14-6-4-11(8-18-14)19-13-7-10(16)3-5-12(13)17/h3-9,19H,1-2H3,(H,18,20,21). The molecule has 1 amide bonds. The summed E-state index contributed by atoms with van der Waals surface area (Å²) in [6.45, 7) is 3.65. The Labute approximate surface area is 133 Å². The highest BCUT2D eigenvalue weighted by Crippen LogP contribution is 2.28. The summed E-state index contributed by atoms with van der Waals surface area (Å²) in [6.07, 6.45) is 1.62. The number of hydrogen-bond donors (Lipinski definition) is 2. The minimum atomic E-state index is -0.0881. The van der Waals surface area contributed by atoms with E-state index in [2.05, 4.69) is 15.6 Å². The van der Waals surface area contributed by atoms with E-state index in [-0.39, 0.29) is 11.8 Å². The molecule has 0 atom stereocenters. The van der Waals surface area contributed by atoms with Crippen LogP contribution in [0.1, 0.15) is 13.8 Å². The first-order chi connectivity index (χ1) is 9.95. The van der Waals surface area contributed by atoms with Crippen molar-refractivity contribution in [2.24, 2.45) is 5.92 Å². The van der Waals surface area contributed by atoms with Gasteiger partial charge in [-0.15, -0.1) is 0 Å². The second-order valence-electron chi connectivity index (χ2n) is 4.83. The van der Waals surface area contributed by atoms with Crippen LogP contribution in [0.5, 0.6) is 0 Å². The van der Waals surface area contributed by atoms with E-state index in [1.165, 1.54) is 0 Å². The third-order valence-corrected chi connectivity index (χ3v) is 3.31. The van der Waals surface area contributed by atoms with Crippen LogP contribution in [0.15, 0.2) is 36.5 Å². The van der Waals surface area contributed by atoms with Gasteiger partial charge in [0.05, 0.1) is 22.6 Å². The molecule has 2 aromatic rings. The Morgan fingerprint density at radius 2 is 1.95 bits per heavy atom. The molecule has 0 aliphatic carbocycles. The van der Waals surface area contributed by atoms with E-state index in [1.54, 1.807) is 36.5 Å². The largest absolute Gasteiger partial charge is 0.353 e. The molecule has 2 N–H and O–H groups in total. The molecule has 0 radical (unpaired) electrons. The second kappa shape index (κ2) is 6.78. The van der Waals surface area contributed by atoms with Gasteiger partial charge in [-0.2, -0.15) is 0 Å². The minimum absolute atomic E-state index is 0.0684. The molecule has 1 heterocycles. The zero-order valence-corrected chi connectivity index (χ0v) is 13.2. The Kier molecular flexibility index (Phi) is 5.04. The lowest BCUT2D eigenvalue weighted by Crippen LogP contribution is -2.18. The zero-order valence-electron chi connectivity index (χ0n) is 11.7. The van der Waals surface area contributed by atoms with Crippen molar-refractivity contribution in [2.75, 3.05) is 10.6 Å². The number of halogens is 2. The van der Waals surface area contributed by atoms with Crippen molar-refractivity contribution in [2.45, 2.75) is 13.8 Å². The number of amides is 1. The molecule has 0 aliphatic rings. The van der Waals surface area contributed by atoms with Crippen molar-refractivity contribution in [3.63, 3.8) is 0 Å². The Balaban J connectivity index is 2.09. The third kappa shape index (κ3) is 4.34. The van der Waals surface area contributed by atoms with E-state index >= 15 is 0 Å². The molecule has 21 heavy (non-hydrogen) atoms. The van der Waals surface area contributed by atoms with Crippen LogP contribution < -0.4 is 10.6 Å². The fourth-order valence-electron chi connectivity index (χ4n) is 1.56. The van der Waals surface area contributed by atoms with Crippen LogP contribution in [0.4, 0.5) is 17.2 Å². The fraction of sp³-hybridized carbons (Fsp3) is 0.200. The molecule has 6 heteroatoms. The predicted molar refractivity (Wildman–Crippen MR) is 87.4 cm³/mol. The molecule has 2 rings (SSSR count). The van der Waals surface area contributed by atoms with Gasteiger partial charge in [-0.3, -0.25) is 4.79 Å². The smallest absolute Gasteiger partial charge is 0.228 e. The maximum Gasteiger partial charge on any atom is 0.228 e. The normalized spacial score (nSPS) is 10.5. The topological polar surface area (TPSA) is 54.0 Å². The molecule has 0 unspecified atom stereocenters. The van der Waals surface area contributed by atoms with Crippen molar-refractivity contribution in [3.05, 3.63) is 46.6 Å². The molecule has 0 aliphatic heterocycles. The molecular weight excluding hydrogens is 309 g/mol. The summed E-state index contributed by atoms with van der Waals surface area (Å²) in [4.78, 5) is 15.8. The number of anilines is 3. The van der Waals surface area contributed by atoms with Crippen LogP contribution in [0.3, 0.4) is 0 Å². The SMILES string of the molecule is CC(C)C(=O)Nc1ccc(Nc2cc(Cl)ccc2Cl)cn1. The van der Waals surface area contributed by atoms with Crippen LogP contribution in [-0.2, 0) is 4.79 Å². The first-order valence-corrected chi connectivity index (χ1v) is 7.20. The summed E-state index contributed by atoms with van der Waals surface area (Å²) in [5, 5.41) is 7.01. The number of nitrogens with zero attached hydrogens (tertiary/aromatic N) is 1. The van der Waals surface area contributed by atoms with Gasteiger partial charge in [0.1, 0.15) is 5.82 Å². The van der Waals surface area contributed by atoms with Crippen LogP contribution in [0.25, 0.3) is 0 Å². The lowest BCUT2D eigenvalue weighted by Gasteiger charge is -2.10. The predicted octanol–water partition coefficient (Wildman–Crippen LogP) is 4.73. The fourth-order valence-corrected chi connectivity index (χ4v) is 1.90. The lowest BCUT2D eigenvalue weighted by atomic mass is 10.2. The summed E-state index contributed by atoms with van der Waals surface area (Å²) in [5.74, 6) is 0.354. The summed E-state index contributed by atoms with van der Waals surface area (Å²) >= 11 is 12.0. The maximum atomic E-state index is 11.6. The first kappa shape index (κ1) is 15.6. The zero-order chi connectivity index (χ0) is 15.4. The van der Waals surface area contributed by atoms with E-state index in [0.29, 0.717) is 21.6 Å². The maximum absolute atomic E-state index is 11.6. The molecule has 0 fully saturated rings. The summed E-state index contributed by atoms with van der Waals surface area (Å²) < 4.78 is 0. The highest BCUT2D eigenvalue weighted by molar-refractivity contribution is 6.35. The number of aromatic nitrogens is 1. The van der Waals surface area contributed by atoms with Crippen LogP contribution in [0, 0.1) is 5.92 Å². The highest BCUT2D eigenvalue weighted by Gasteiger charge is 2.08. The van der Waals surface area contributed by atoms with Gasteiger partial charge in [-0.25, -0.2) is 4.98 Å². The van der Waals surface area contributed by atoms with Crippen molar-refractivity contribution in [1.82, 2.24) is 4.98 Å². The average molecular weight is 324 g/mol. The molecular formula is C15H15Cl2N3O. The molecule has 4 nitrogen and oxygen atoms in total. The molecule has 0 bridgehead atoms. The van der Waals surface area contributed by atoms with E-state index in [0.717, 1.165) is 5.69 Å². The molecule has 1 aromatic carbocycles. The minimum Gasteiger partial charge on any atom is -0.353 e. The van der Waals surface area contributed by atoms with E-state index < -0.39 is 0 Å². The summed E-state index contributed by atoms with van der Waals surface area (Å²) in [7, 11) is 0. The molecule has 0 saturated carbocycles. The second-order valence-corrected chi connectivity index (χ2v) is 5.67. The molecule has 0 saturated heterocycles. The number of nitrogens with one attached hydrogen (secondary N) is 2. The first-order valence-electron chi connectivity index (χ1n) is 6.44. The monoisotopic (exact) mass is 323 g/mol. The van der Waals surface area contributed by atoms with E-state index in [1.807, 2.05) is 13.8 Å². The van der Waals surface area contributed by atoms with Crippen LogP contribution in [-0.4, -0.2) is 10.9 Å². The molecule has 0 spiro atoms. The number of pyridine rings is 1. The van der Waals surface area contributed by atoms with Gasteiger partial charge in [0.25, 0.3) is 0 Å². The number of carbonyl (C=O) groups excluding carboxylic acids is 1. The Hall–Kier alpha value is -1.78. The Bertz CT molecular complexity index is 642. The van der Waals surface area contributed by atoms with Gasteiger partial charge in [0.2, 0.25) is 5.91 Å². The lowest BCUT2D eigenvalue weighted by molar-refractivity contribution is -0.118. The molecule has 110 valence electrons. The van der Waals surface area contributed by atoms with E-state index in [9.17, 15) is 4.79 Å². The van der Waals surface area contributed by atoms with Gasteiger partial charge >= 0.3 is 0 Å². The van der Waals surface area contributed by atoms with Gasteiger partial charge in [-0.05, 0) is 30.3 Å². The van der Waals surface area contributed by atoms with Crippen molar-refractivity contribution >= 4 is 46.3 Å². The van der Waals surface area contributed by atoms with Crippen LogP contribution in [0.2, 0.25) is 10.0 Å². The van der Waals surface area contributed by atoms with Crippen molar-refractivity contribution in [3.8, 4) is 0 Å². The quantitative estimate of drug-likeness (QED) is 0.855. The third-order valence-electron chi connectivity index (χ3n) is 2.75. The molecule has 1 aromatic heterocycles. The summed E-state index contributed by atoms with van der Waals surface area (Å²) in [5.41, 5.74) is 1.45. The van der Waals surface area contributed by atoms with Gasteiger partial charge in [-0.1, -0.05) is 37.0 Å². The van der Waals surface area contributed by atoms with Crippen molar-refractivity contribution in [1.29, 1.82) is 0 Å². The number of rotatable bonds is 4. The van der Waals surface area contributed by atoms with Gasteiger partial charge in [0, 0.05) is 10.9 Å². The van der Waals surface area contributed by atoms with E-state index in [4.69, 9.17) is 23.2 Å². The van der Waals surface area contributed by atoms with Crippen LogP contribution >= 0.6 is 23.2 Å². The Morgan fingerprint density at radius 1 is 1.19 bits per heavy atom.